The van der Waals surface area contributed by atoms with Gasteiger partial charge in [0.15, 0.2) is 0 Å². The van der Waals surface area contributed by atoms with Crippen LogP contribution in [0.5, 0.6) is 0 Å². The van der Waals surface area contributed by atoms with Crippen LogP contribution in [-0.4, -0.2) is 30.6 Å². The lowest BCUT2D eigenvalue weighted by molar-refractivity contribution is 0.289. The molecule has 0 aromatic heterocycles. The highest BCUT2D eigenvalue weighted by Gasteiger charge is 2.27. The van der Waals surface area contributed by atoms with Gasteiger partial charge in [-0.05, 0) is 37.6 Å². The zero-order valence-corrected chi connectivity index (χ0v) is 10.2. The number of likely N-dealkylation sites (N-methyl/N-ethyl adjacent to an activating group) is 1. The van der Waals surface area contributed by atoms with E-state index in [1.165, 1.54) is 25.0 Å². The van der Waals surface area contributed by atoms with E-state index < -0.39 is 0 Å². The first kappa shape index (κ1) is 12.2. The Labute approximate surface area is 102 Å². The second-order valence-corrected chi connectivity index (χ2v) is 4.52. The van der Waals surface area contributed by atoms with E-state index in [2.05, 4.69) is 17.1 Å². The van der Waals surface area contributed by atoms with Crippen LogP contribution in [0, 0.1) is 5.82 Å². The molecule has 1 aliphatic rings. The summed E-state index contributed by atoms with van der Waals surface area (Å²) in [5.41, 5.74) is 7.02. The van der Waals surface area contributed by atoms with Crippen molar-refractivity contribution in [2.45, 2.75) is 25.8 Å². The minimum atomic E-state index is -0.291. The molecule has 3 N–H and O–H groups in total. The molecule has 1 aromatic rings. The number of rotatable bonds is 6. The third kappa shape index (κ3) is 3.33. The number of nitrogens with one attached hydrogen (secondary N) is 1. The standard InChI is InChI=1S/C13H20FN3/c1-2-17(11-4-5-11)8-7-16-13-6-3-10(14)9-12(13)15/h3,6,9,11,16H,2,4-5,7-8,15H2,1H3. The highest BCUT2D eigenvalue weighted by atomic mass is 19.1. The van der Waals surface area contributed by atoms with Gasteiger partial charge >= 0.3 is 0 Å². The molecule has 0 heterocycles. The molecule has 0 unspecified atom stereocenters. The van der Waals surface area contributed by atoms with Gasteiger partial charge in [0.25, 0.3) is 0 Å². The molecule has 94 valence electrons. The topological polar surface area (TPSA) is 41.3 Å². The fraction of sp³-hybridized carbons (Fsp3) is 0.538. The zero-order valence-electron chi connectivity index (χ0n) is 10.2. The molecule has 0 radical (unpaired) electrons. The summed E-state index contributed by atoms with van der Waals surface area (Å²) in [6.45, 7) is 5.13. The number of hydrogen-bond acceptors (Lipinski definition) is 3. The van der Waals surface area contributed by atoms with Gasteiger partial charge in [-0.2, -0.15) is 0 Å². The van der Waals surface area contributed by atoms with Gasteiger partial charge in [0, 0.05) is 19.1 Å². The predicted molar refractivity (Wildman–Crippen MR) is 69.6 cm³/mol. The van der Waals surface area contributed by atoms with E-state index in [9.17, 15) is 4.39 Å². The second-order valence-electron chi connectivity index (χ2n) is 4.52. The zero-order chi connectivity index (χ0) is 12.3. The maximum Gasteiger partial charge on any atom is 0.125 e. The van der Waals surface area contributed by atoms with E-state index in [1.54, 1.807) is 6.07 Å². The van der Waals surface area contributed by atoms with Crippen molar-refractivity contribution in [3.63, 3.8) is 0 Å². The van der Waals surface area contributed by atoms with Crippen molar-refractivity contribution < 1.29 is 4.39 Å². The van der Waals surface area contributed by atoms with Crippen molar-refractivity contribution in [3.05, 3.63) is 24.0 Å². The number of anilines is 2. The summed E-state index contributed by atoms with van der Waals surface area (Å²) < 4.78 is 12.9. The molecule has 4 heteroatoms. The maximum atomic E-state index is 12.9. The Hall–Kier alpha value is -1.29. The first-order valence-corrected chi connectivity index (χ1v) is 6.23. The third-order valence-electron chi connectivity index (χ3n) is 3.20. The molecule has 3 nitrogen and oxygen atoms in total. The molecule has 0 amide bonds. The van der Waals surface area contributed by atoms with Gasteiger partial charge in [-0.1, -0.05) is 6.92 Å². The first-order chi connectivity index (χ1) is 8.20. The number of halogens is 1. The third-order valence-corrected chi connectivity index (χ3v) is 3.20. The molecule has 17 heavy (non-hydrogen) atoms. The Morgan fingerprint density at radius 3 is 2.82 bits per heavy atom. The molecule has 0 spiro atoms. The number of nitrogens with zero attached hydrogens (tertiary/aromatic N) is 1. The molecule has 0 bridgehead atoms. The molecule has 1 fully saturated rings. The van der Waals surface area contributed by atoms with Gasteiger partial charge in [-0.25, -0.2) is 4.39 Å². The monoisotopic (exact) mass is 237 g/mol. The van der Waals surface area contributed by atoms with Gasteiger partial charge in [0.05, 0.1) is 11.4 Å². The van der Waals surface area contributed by atoms with E-state index in [0.29, 0.717) is 5.69 Å². The maximum absolute atomic E-state index is 12.9. The Bertz CT molecular complexity index is 377. The van der Waals surface area contributed by atoms with Crippen LogP contribution in [0.2, 0.25) is 0 Å². The minimum Gasteiger partial charge on any atom is -0.397 e. The van der Waals surface area contributed by atoms with Gasteiger partial charge in [0.1, 0.15) is 5.82 Å². The lowest BCUT2D eigenvalue weighted by Gasteiger charge is -2.20. The Morgan fingerprint density at radius 2 is 2.24 bits per heavy atom. The molecule has 1 aromatic carbocycles. The Morgan fingerprint density at radius 1 is 1.47 bits per heavy atom. The quantitative estimate of drug-likeness (QED) is 0.746. The van der Waals surface area contributed by atoms with Crippen LogP contribution in [0.4, 0.5) is 15.8 Å². The van der Waals surface area contributed by atoms with E-state index >= 15 is 0 Å². The largest absolute Gasteiger partial charge is 0.397 e. The van der Waals surface area contributed by atoms with Crippen molar-refractivity contribution in [3.8, 4) is 0 Å². The lowest BCUT2D eigenvalue weighted by atomic mass is 10.2. The smallest absolute Gasteiger partial charge is 0.125 e. The van der Waals surface area contributed by atoms with Gasteiger partial charge in [-0.3, -0.25) is 4.90 Å². The lowest BCUT2D eigenvalue weighted by Crippen LogP contribution is -2.31. The average molecular weight is 237 g/mol. The summed E-state index contributed by atoms with van der Waals surface area (Å²) in [5.74, 6) is -0.291. The summed E-state index contributed by atoms with van der Waals surface area (Å²) in [7, 11) is 0. The average Bonchev–Trinajstić information content (AvgIpc) is 3.11. The number of nitrogen functional groups attached to an aromatic ring is 1. The van der Waals surface area contributed by atoms with E-state index in [0.717, 1.165) is 31.4 Å². The molecular weight excluding hydrogens is 217 g/mol. The van der Waals surface area contributed by atoms with Crippen molar-refractivity contribution >= 4 is 11.4 Å². The molecule has 0 saturated heterocycles. The Kier molecular flexibility index (Phi) is 3.84. The van der Waals surface area contributed by atoms with Crippen LogP contribution in [-0.2, 0) is 0 Å². The molecule has 0 atom stereocenters. The molecular formula is C13H20FN3. The van der Waals surface area contributed by atoms with Gasteiger partial charge in [0.2, 0.25) is 0 Å². The molecule has 1 saturated carbocycles. The SMILES string of the molecule is CCN(CCNc1ccc(F)cc1N)C1CC1. The van der Waals surface area contributed by atoms with Crippen LogP contribution in [0.15, 0.2) is 18.2 Å². The minimum absolute atomic E-state index is 0.291. The predicted octanol–water partition coefficient (Wildman–Crippen LogP) is 2.30. The molecule has 2 rings (SSSR count). The normalized spacial score (nSPS) is 15.2. The fourth-order valence-electron chi connectivity index (χ4n) is 2.07. The van der Waals surface area contributed by atoms with Crippen molar-refractivity contribution in [1.82, 2.24) is 4.90 Å². The summed E-state index contributed by atoms with van der Waals surface area (Å²) in [5, 5.41) is 3.25. The first-order valence-electron chi connectivity index (χ1n) is 6.23. The van der Waals surface area contributed by atoms with Crippen LogP contribution >= 0.6 is 0 Å². The van der Waals surface area contributed by atoms with E-state index in [1.807, 2.05) is 0 Å². The number of benzene rings is 1. The van der Waals surface area contributed by atoms with Crippen molar-refractivity contribution in [2.24, 2.45) is 0 Å². The van der Waals surface area contributed by atoms with E-state index in [4.69, 9.17) is 5.73 Å². The van der Waals surface area contributed by atoms with Gasteiger partial charge in [-0.15, -0.1) is 0 Å². The highest BCUT2D eigenvalue weighted by Crippen LogP contribution is 2.26. The molecule has 1 aliphatic carbocycles. The summed E-state index contributed by atoms with van der Waals surface area (Å²) >= 11 is 0. The highest BCUT2D eigenvalue weighted by molar-refractivity contribution is 5.65. The number of nitrogens with two attached hydrogens (primary N) is 1. The van der Waals surface area contributed by atoms with Crippen molar-refractivity contribution in [2.75, 3.05) is 30.7 Å². The summed E-state index contributed by atoms with van der Waals surface area (Å²) in [6.07, 6.45) is 2.65. The van der Waals surface area contributed by atoms with E-state index in [-0.39, 0.29) is 5.82 Å². The van der Waals surface area contributed by atoms with Crippen LogP contribution < -0.4 is 11.1 Å². The molecule has 0 aliphatic heterocycles. The van der Waals surface area contributed by atoms with Crippen LogP contribution in [0.1, 0.15) is 19.8 Å². The summed E-state index contributed by atoms with van der Waals surface area (Å²) in [4.78, 5) is 2.46. The van der Waals surface area contributed by atoms with Crippen LogP contribution in [0.3, 0.4) is 0 Å². The summed E-state index contributed by atoms with van der Waals surface area (Å²) in [6, 6.07) is 5.25. The number of hydrogen-bond donors (Lipinski definition) is 2. The fourth-order valence-corrected chi connectivity index (χ4v) is 2.07. The Balaban J connectivity index is 1.80. The van der Waals surface area contributed by atoms with Crippen LogP contribution in [0.25, 0.3) is 0 Å². The second kappa shape index (κ2) is 5.36. The van der Waals surface area contributed by atoms with Gasteiger partial charge < -0.3 is 11.1 Å². The van der Waals surface area contributed by atoms with Crippen molar-refractivity contribution in [1.29, 1.82) is 0 Å².